The number of rotatable bonds is 5. The standard InChI is InChI=1S/C11H13N3O3S2/c1-6-8(9(15)16)4-7(17-6)5-18-11-13-12-10(19-11)14(2)3/h4H,5H2,1-3H3,(H,15,16). The molecule has 0 bridgehead atoms. The van der Waals surface area contributed by atoms with Crippen LogP contribution >= 0.6 is 23.1 Å². The van der Waals surface area contributed by atoms with Crippen molar-refractivity contribution in [2.45, 2.75) is 17.0 Å². The number of hydrogen-bond acceptors (Lipinski definition) is 7. The van der Waals surface area contributed by atoms with E-state index in [0.29, 0.717) is 17.3 Å². The summed E-state index contributed by atoms with van der Waals surface area (Å²) < 4.78 is 6.22. The number of aromatic carboxylic acids is 1. The van der Waals surface area contributed by atoms with E-state index in [1.807, 2.05) is 19.0 Å². The van der Waals surface area contributed by atoms with Crippen molar-refractivity contribution in [1.82, 2.24) is 10.2 Å². The smallest absolute Gasteiger partial charge is 0.339 e. The molecule has 0 spiro atoms. The highest BCUT2D eigenvalue weighted by Gasteiger charge is 2.14. The van der Waals surface area contributed by atoms with E-state index in [-0.39, 0.29) is 5.56 Å². The van der Waals surface area contributed by atoms with E-state index in [0.717, 1.165) is 9.47 Å². The van der Waals surface area contributed by atoms with Gasteiger partial charge >= 0.3 is 5.97 Å². The zero-order valence-corrected chi connectivity index (χ0v) is 12.3. The Balaban J connectivity index is 2.02. The molecule has 1 N–H and O–H groups in total. The minimum Gasteiger partial charge on any atom is -0.478 e. The van der Waals surface area contributed by atoms with E-state index in [2.05, 4.69) is 10.2 Å². The van der Waals surface area contributed by atoms with Crippen LogP contribution in [-0.2, 0) is 5.75 Å². The summed E-state index contributed by atoms with van der Waals surface area (Å²) in [5, 5.41) is 17.8. The van der Waals surface area contributed by atoms with Gasteiger partial charge in [-0.05, 0) is 13.0 Å². The number of aromatic nitrogens is 2. The second kappa shape index (κ2) is 5.62. The lowest BCUT2D eigenvalue weighted by Gasteiger charge is -2.03. The Morgan fingerprint density at radius 2 is 2.26 bits per heavy atom. The Bertz CT molecular complexity index is 592. The summed E-state index contributed by atoms with van der Waals surface area (Å²) in [7, 11) is 3.81. The number of carboxylic acids is 1. The fraction of sp³-hybridized carbons (Fsp3) is 0.364. The van der Waals surface area contributed by atoms with Gasteiger partial charge in [0.2, 0.25) is 5.13 Å². The van der Waals surface area contributed by atoms with Crippen LogP contribution in [-0.4, -0.2) is 35.4 Å². The molecule has 0 amide bonds. The highest BCUT2D eigenvalue weighted by molar-refractivity contribution is 8.00. The fourth-order valence-electron chi connectivity index (χ4n) is 1.40. The Labute approximate surface area is 118 Å². The van der Waals surface area contributed by atoms with Crippen LogP contribution in [0.1, 0.15) is 21.9 Å². The molecule has 2 heterocycles. The van der Waals surface area contributed by atoms with E-state index < -0.39 is 5.97 Å². The van der Waals surface area contributed by atoms with Crippen LogP contribution in [0.15, 0.2) is 14.8 Å². The summed E-state index contributed by atoms with van der Waals surface area (Å²) in [5.41, 5.74) is 0.210. The lowest BCUT2D eigenvalue weighted by atomic mass is 10.2. The van der Waals surface area contributed by atoms with Crippen LogP contribution in [0.5, 0.6) is 0 Å². The maximum Gasteiger partial charge on any atom is 0.339 e. The zero-order chi connectivity index (χ0) is 14.0. The highest BCUT2D eigenvalue weighted by atomic mass is 32.2. The monoisotopic (exact) mass is 299 g/mol. The summed E-state index contributed by atoms with van der Waals surface area (Å²) in [6, 6.07) is 1.55. The average Bonchev–Trinajstić information content (AvgIpc) is 2.92. The molecule has 2 aromatic heterocycles. The molecule has 19 heavy (non-hydrogen) atoms. The summed E-state index contributed by atoms with van der Waals surface area (Å²) >= 11 is 2.96. The van der Waals surface area contributed by atoms with Gasteiger partial charge in [-0.3, -0.25) is 0 Å². The first-order valence-electron chi connectivity index (χ1n) is 5.43. The van der Waals surface area contributed by atoms with Gasteiger partial charge in [0, 0.05) is 14.1 Å². The average molecular weight is 299 g/mol. The van der Waals surface area contributed by atoms with Crippen molar-refractivity contribution in [3.8, 4) is 0 Å². The normalized spacial score (nSPS) is 10.7. The summed E-state index contributed by atoms with van der Waals surface area (Å²) in [6.45, 7) is 1.65. The third kappa shape index (κ3) is 3.27. The van der Waals surface area contributed by atoms with Gasteiger partial charge in [-0.25, -0.2) is 4.79 Å². The molecule has 2 rings (SSSR count). The van der Waals surface area contributed by atoms with E-state index in [4.69, 9.17) is 9.52 Å². The maximum absolute atomic E-state index is 10.9. The quantitative estimate of drug-likeness (QED) is 0.850. The number of carboxylic acid groups (broad SMARTS) is 1. The summed E-state index contributed by atoms with van der Waals surface area (Å²) in [6.07, 6.45) is 0. The highest BCUT2D eigenvalue weighted by Crippen LogP contribution is 2.30. The number of carbonyl (C=O) groups is 1. The van der Waals surface area contributed by atoms with Gasteiger partial charge in [0.05, 0.1) is 5.75 Å². The van der Waals surface area contributed by atoms with Crippen LogP contribution in [0, 0.1) is 6.92 Å². The lowest BCUT2D eigenvalue weighted by molar-refractivity contribution is 0.0695. The number of anilines is 1. The number of thioether (sulfide) groups is 1. The Morgan fingerprint density at radius 1 is 1.53 bits per heavy atom. The second-order valence-corrected chi connectivity index (χ2v) is 6.20. The van der Waals surface area contributed by atoms with E-state index in [1.165, 1.54) is 23.1 Å². The number of nitrogens with zero attached hydrogens (tertiary/aromatic N) is 3. The molecule has 0 unspecified atom stereocenters. The van der Waals surface area contributed by atoms with Crippen molar-refractivity contribution >= 4 is 34.2 Å². The van der Waals surface area contributed by atoms with Gasteiger partial charge < -0.3 is 14.4 Å². The predicted molar refractivity (Wildman–Crippen MR) is 74.2 cm³/mol. The van der Waals surface area contributed by atoms with Crippen molar-refractivity contribution in [2.24, 2.45) is 0 Å². The van der Waals surface area contributed by atoms with Crippen LogP contribution < -0.4 is 4.90 Å². The molecule has 0 saturated carbocycles. The summed E-state index contributed by atoms with van der Waals surface area (Å²) in [5.74, 6) is 0.620. The number of furan rings is 1. The molecule has 0 aliphatic carbocycles. The molecule has 0 radical (unpaired) electrons. The zero-order valence-electron chi connectivity index (χ0n) is 10.7. The first-order valence-corrected chi connectivity index (χ1v) is 7.24. The molecule has 0 aromatic carbocycles. The lowest BCUT2D eigenvalue weighted by Crippen LogP contribution is -2.07. The molecule has 0 fully saturated rings. The Hall–Kier alpha value is -1.54. The van der Waals surface area contributed by atoms with Gasteiger partial charge in [0.1, 0.15) is 17.1 Å². The Kier molecular flexibility index (Phi) is 4.11. The largest absolute Gasteiger partial charge is 0.478 e. The van der Waals surface area contributed by atoms with Gasteiger partial charge in [0.25, 0.3) is 0 Å². The van der Waals surface area contributed by atoms with Crippen LogP contribution in [0.4, 0.5) is 5.13 Å². The minimum atomic E-state index is -0.969. The molecule has 2 aromatic rings. The first-order chi connectivity index (χ1) is 8.97. The molecule has 102 valence electrons. The number of hydrogen-bond donors (Lipinski definition) is 1. The first kappa shape index (κ1) is 13.9. The topological polar surface area (TPSA) is 79.5 Å². The third-order valence-corrected chi connectivity index (χ3v) is 4.56. The van der Waals surface area contributed by atoms with E-state index >= 15 is 0 Å². The van der Waals surface area contributed by atoms with E-state index in [1.54, 1.807) is 13.0 Å². The van der Waals surface area contributed by atoms with Crippen LogP contribution in [0.2, 0.25) is 0 Å². The van der Waals surface area contributed by atoms with Crippen molar-refractivity contribution in [3.05, 3.63) is 23.2 Å². The molecular weight excluding hydrogens is 286 g/mol. The molecule has 0 aliphatic heterocycles. The predicted octanol–water partition coefficient (Wildman–Crippen LogP) is 2.50. The van der Waals surface area contributed by atoms with Gasteiger partial charge in [-0.2, -0.15) is 0 Å². The van der Waals surface area contributed by atoms with Crippen molar-refractivity contribution in [1.29, 1.82) is 0 Å². The summed E-state index contributed by atoms with van der Waals surface area (Å²) in [4.78, 5) is 12.8. The SMILES string of the molecule is Cc1oc(CSc2nnc(N(C)C)s2)cc1C(=O)O. The molecule has 0 aliphatic rings. The number of aryl methyl sites for hydroxylation is 1. The minimum absolute atomic E-state index is 0.210. The Morgan fingerprint density at radius 3 is 2.79 bits per heavy atom. The fourth-order valence-corrected chi connectivity index (χ4v) is 3.05. The molecule has 0 atom stereocenters. The van der Waals surface area contributed by atoms with Crippen LogP contribution in [0.3, 0.4) is 0 Å². The van der Waals surface area contributed by atoms with E-state index in [9.17, 15) is 4.79 Å². The van der Waals surface area contributed by atoms with Gasteiger partial charge in [-0.1, -0.05) is 23.1 Å². The van der Waals surface area contributed by atoms with Gasteiger partial charge in [-0.15, -0.1) is 10.2 Å². The maximum atomic E-state index is 10.9. The molecule has 6 nitrogen and oxygen atoms in total. The van der Waals surface area contributed by atoms with Crippen molar-refractivity contribution < 1.29 is 14.3 Å². The molecule has 8 heteroatoms. The van der Waals surface area contributed by atoms with Gasteiger partial charge in [0.15, 0.2) is 4.34 Å². The van der Waals surface area contributed by atoms with Crippen molar-refractivity contribution in [2.75, 3.05) is 19.0 Å². The third-order valence-electron chi connectivity index (χ3n) is 2.32. The molecular formula is C11H13N3O3S2. The van der Waals surface area contributed by atoms with Crippen LogP contribution in [0.25, 0.3) is 0 Å². The van der Waals surface area contributed by atoms with Crippen molar-refractivity contribution in [3.63, 3.8) is 0 Å². The second-order valence-electron chi connectivity index (χ2n) is 4.02. The molecule has 0 saturated heterocycles.